The van der Waals surface area contributed by atoms with Gasteiger partial charge in [-0.2, -0.15) is 8.78 Å². The van der Waals surface area contributed by atoms with Crippen molar-refractivity contribution in [2.24, 2.45) is 0 Å². The lowest BCUT2D eigenvalue weighted by molar-refractivity contribution is -0.136. The summed E-state index contributed by atoms with van der Waals surface area (Å²) in [7, 11) is 8.44. The first kappa shape index (κ1) is 67.2. The Morgan fingerprint density at radius 1 is 0.557 bits per heavy atom. The molecule has 4 N–H and O–H groups in total. The minimum absolute atomic E-state index is 0.0479. The Kier molecular flexibility index (Phi) is 24.9. The number of anilines is 4. The summed E-state index contributed by atoms with van der Waals surface area (Å²) in [5, 5.41) is 2.21. The van der Waals surface area contributed by atoms with Gasteiger partial charge in [-0.15, -0.1) is 0 Å². The molecule has 6 heterocycles. The number of Topliss-reactive ketones (excluding diaryl/α,β-unsaturated/α-hetero) is 1. The van der Waals surface area contributed by atoms with Crippen LogP contribution in [0.3, 0.4) is 0 Å². The second kappa shape index (κ2) is 32.6. The number of ether oxygens (including phenoxy) is 3. The van der Waals surface area contributed by atoms with E-state index in [1.165, 1.54) is 11.4 Å². The fourth-order valence-electron chi connectivity index (χ4n) is 11.3. The predicted octanol–water partition coefficient (Wildman–Crippen LogP) is 9.51. The number of imidazole rings is 2. The molecule has 2 aliphatic heterocycles. The van der Waals surface area contributed by atoms with Crippen LogP contribution in [-0.2, 0) is 45.0 Å². The van der Waals surface area contributed by atoms with E-state index in [0.717, 1.165) is 205 Å². The standard InChI is InChI=1S/C35H45F4N7O3.C30H47N7O2/c1-4-5-8-28-42-32-33(24-21-23(9-10-27(24)41-35(32)40)45-16-14-44(3)15-17-45)46(28)13-7-6-12-43(2)18-20-48-19-11-29(47)49-34-30(38)25(36)22-26(37)31(34)39;1-5-6-9-27-33-28-29(37(27)14-8-7-13-34(3)19-21-39-20-12-23(2)38)25-22-24(10-11-26(25)32-30(28)31)36-17-15-35(4)16-18-36/h9-10,21-22H,4-8,11-20H2,1-3H3,(H2,40,41);10-11,22H,5-9,12-21H2,1-4H3,(H2,31,32). The van der Waals surface area contributed by atoms with Crippen LogP contribution in [0.5, 0.6) is 5.75 Å². The summed E-state index contributed by atoms with van der Waals surface area (Å²) in [6, 6.07) is 13.1. The number of halogens is 4. The van der Waals surface area contributed by atoms with Crippen molar-refractivity contribution >= 4 is 78.6 Å². The number of nitrogens with zero attached hydrogens (tertiary/aromatic N) is 12. The first-order valence-corrected chi connectivity index (χ1v) is 31.5. The van der Waals surface area contributed by atoms with Gasteiger partial charge in [0.1, 0.15) is 28.5 Å². The number of aryl methyl sites for hydroxylation is 4. The van der Waals surface area contributed by atoms with Crippen LogP contribution in [0.1, 0.15) is 96.6 Å². The lowest BCUT2D eigenvalue weighted by Gasteiger charge is -2.34. The molecule has 88 heavy (non-hydrogen) atoms. The van der Waals surface area contributed by atoms with Crippen LogP contribution in [0.25, 0.3) is 43.9 Å². The highest BCUT2D eigenvalue weighted by Crippen LogP contribution is 2.35. The zero-order chi connectivity index (χ0) is 62.9. The third kappa shape index (κ3) is 17.8. The van der Waals surface area contributed by atoms with E-state index >= 15 is 0 Å². The smallest absolute Gasteiger partial charge is 0.313 e. The Morgan fingerprint density at radius 2 is 0.989 bits per heavy atom. The molecule has 2 fully saturated rings. The maximum atomic E-state index is 13.7. The Morgan fingerprint density at radius 3 is 1.41 bits per heavy atom. The average molecular weight is 1230 g/mol. The first-order valence-electron chi connectivity index (χ1n) is 31.5. The van der Waals surface area contributed by atoms with Gasteiger partial charge < -0.3 is 64.2 Å². The van der Waals surface area contributed by atoms with E-state index in [1.807, 2.05) is 7.05 Å². The summed E-state index contributed by atoms with van der Waals surface area (Å²) in [6.07, 6.45) is 10.3. The zero-order valence-corrected chi connectivity index (χ0v) is 52.8. The van der Waals surface area contributed by atoms with Gasteiger partial charge in [0.15, 0.2) is 23.3 Å². The number of rotatable bonds is 31. The van der Waals surface area contributed by atoms with Crippen molar-refractivity contribution in [1.82, 2.24) is 48.7 Å². The van der Waals surface area contributed by atoms with Crippen LogP contribution in [0.4, 0.5) is 40.6 Å². The number of nitrogen functional groups attached to an aromatic ring is 2. The molecule has 23 heteroatoms. The van der Waals surface area contributed by atoms with Gasteiger partial charge in [-0.25, -0.2) is 28.7 Å². The number of unbranched alkanes of at least 4 members (excludes halogenated alkanes) is 4. The number of aromatic nitrogens is 6. The van der Waals surface area contributed by atoms with Gasteiger partial charge in [0.05, 0.1) is 54.9 Å². The Hall–Kier alpha value is -6.76. The second-order valence-electron chi connectivity index (χ2n) is 23.7. The van der Waals surface area contributed by atoms with Crippen LogP contribution in [0.15, 0.2) is 42.5 Å². The Balaban J connectivity index is 0.000000234. The summed E-state index contributed by atoms with van der Waals surface area (Å²) in [6.45, 7) is 20.6. The normalized spacial score (nSPS) is 14.4. The molecule has 0 unspecified atom stereocenters. The molecule has 2 aliphatic rings. The molecule has 4 aromatic heterocycles. The highest BCUT2D eigenvalue weighted by molar-refractivity contribution is 6.08. The van der Waals surface area contributed by atoms with E-state index < -0.39 is 35.0 Å². The molecule has 0 atom stereocenters. The SMILES string of the molecule is CCCCc1nc2c(N)nc3ccc(N4CCN(C)CC4)cc3c2n1CCCCN(C)CCOCCC(=O)Oc1c(F)c(F)cc(F)c1F.CCCCc1nc2c(N)nc3ccc(N4CCN(C)CC4)cc3c2n1CCCCN(C)CCOCCC(C)=O. The minimum atomic E-state index is -1.77. The average Bonchev–Trinajstić information content (AvgIpc) is 1.75. The molecule has 19 nitrogen and oxygen atoms in total. The quantitative estimate of drug-likeness (QED) is 0.0137. The number of esters is 1. The first-order chi connectivity index (χ1) is 42.4. The molecule has 0 radical (unpaired) electrons. The number of pyridine rings is 2. The van der Waals surface area contributed by atoms with Crippen molar-refractivity contribution in [1.29, 1.82) is 0 Å². The predicted molar refractivity (Wildman–Crippen MR) is 342 cm³/mol. The zero-order valence-electron chi connectivity index (χ0n) is 52.8. The summed E-state index contributed by atoms with van der Waals surface area (Å²) < 4.78 is 74.5. The molecule has 0 saturated carbocycles. The van der Waals surface area contributed by atoms with Crippen molar-refractivity contribution in [2.45, 2.75) is 111 Å². The number of nitrogens with two attached hydrogens (primary N) is 2. The summed E-state index contributed by atoms with van der Waals surface area (Å²) in [5.41, 5.74) is 20.9. The molecule has 0 aliphatic carbocycles. The van der Waals surface area contributed by atoms with E-state index in [0.29, 0.717) is 44.4 Å². The van der Waals surface area contributed by atoms with Crippen molar-refractivity contribution in [2.75, 3.05) is 154 Å². The highest BCUT2D eigenvalue weighted by Gasteiger charge is 2.25. The largest absolute Gasteiger partial charge is 0.420 e. The lowest BCUT2D eigenvalue weighted by atomic mass is 10.1. The number of piperazine rings is 2. The van der Waals surface area contributed by atoms with Crippen LogP contribution in [0.2, 0.25) is 0 Å². The van der Waals surface area contributed by atoms with Gasteiger partial charge in [-0.3, -0.25) is 9.59 Å². The van der Waals surface area contributed by atoms with Gasteiger partial charge in [0.25, 0.3) is 0 Å². The van der Waals surface area contributed by atoms with Crippen LogP contribution >= 0.6 is 0 Å². The molecule has 2 saturated heterocycles. The fourth-order valence-corrected chi connectivity index (χ4v) is 11.3. The molecular weight excluding hydrogens is 1130 g/mol. The number of benzene rings is 3. The number of likely N-dealkylation sites (N-methyl/N-ethyl adjacent to an activating group) is 4. The van der Waals surface area contributed by atoms with E-state index in [4.69, 9.17) is 40.9 Å². The number of hydrogen-bond donors (Lipinski definition) is 2. The number of hydrogen-bond acceptors (Lipinski definition) is 17. The van der Waals surface area contributed by atoms with Crippen molar-refractivity contribution in [3.63, 3.8) is 0 Å². The number of fused-ring (bicyclic) bond motifs is 6. The second-order valence-corrected chi connectivity index (χ2v) is 23.7. The molecule has 3 aromatic carbocycles. The van der Waals surface area contributed by atoms with Gasteiger partial charge in [-0.05, 0) is 123 Å². The topological polar surface area (TPSA) is 195 Å². The molecule has 7 aromatic rings. The molecule has 0 bridgehead atoms. The van der Waals surface area contributed by atoms with E-state index in [-0.39, 0.29) is 24.9 Å². The molecule has 0 spiro atoms. The minimum Gasteiger partial charge on any atom is -0.420 e. The third-order valence-corrected chi connectivity index (χ3v) is 16.7. The van der Waals surface area contributed by atoms with E-state index in [1.54, 1.807) is 6.92 Å². The highest BCUT2D eigenvalue weighted by atomic mass is 19.2. The third-order valence-electron chi connectivity index (χ3n) is 16.7. The molecule has 0 amide bonds. The summed E-state index contributed by atoms with van der Waals surface area (Å²) in [5.74, 6) is -6.02. The fraction of sp³-hybridized carbons (Fsp3) is 0.569. The van der Waals surface area contributed by atoms with Gasteiger partial charge in [-0.1, -0.05) is 26.7 Å². The molecule has 480 valence electrons. The van der Waals surface area contributed by atoms with E-state index in [9.17, 15) is 27.2 Å². The van der Waals surface area contributed by atoms with E-state index in [2.05, 4.69) is 115 Å². The number of ketones is 1. The summed E-state index contributed by atoms with van der Waals surface area (Å²) >= 11 is 0. The Labute approximate surface area is 515 Å². The van der Waals surface area contributed by atoms with Crippen molar-refractivity contribution in [3.8, 4) is 5.75 Å². The van der Waals surface area contributed by atoms with Crippen LogP contribution in [-0.4, -0.2) is 194 Å². The monoisotopic (exact) mass is 1220 g/mol. The van der Waals surface area contributed by atoms with Crippen molar-refractivity contribution in [3.05, 3.63) is 77.4 Å². The maximum Gasteiger partial charge on any atom is 0.313 e. The maximum absolute atomic E-state index is 13.7. The van der Waals surface area contributed by atoms with Gasteiger partial charge in [0.2, 0.25) is 17.4 Å². The van der Waals surface area contributed by atoms with Crippen LogP contribution in [0, 0.1) is 23.3 Å². The Bertz CT molecular complexity index is 3410. The van der Waals surface area contributed by atoms with Gasteiger partial charge >= 0.3 is 5.97 Å². The number of carbonyl (C=O) groups is 2. The lowest BCUT2D eigenvalue weighted by Crippen LogP contribution is -2.44. The molecular formula is C65H92F4N14O5. The molecule has 9 rings (SSSR count). The van der Waals surface area contributed by atoms with Crippen LogP contribution < -0.4 is 26.0 Å². The van der Waals surface area contributed by atoms with Crippen molar-refractivity contribution < 1.29 is 41.4 Å². The summed E-state index contributed by atoms with van der Waals surface area (Å²) in [4.78, 5) is 56.5. The van der Waals surface area contributed by atoms with Gasteiger partial charge in [0, 0.05) is 126 Å². The number of carbonyl (C=O) groups excluding carboxylic acids is 2.